The van der Waals surface area contributed by atoms with E-state index in [1.165, 1.54) is 31.9 Å². The van der Waals surface area contributed by atoms with Gasteiger partial charge >= 0.3 is 5.97 Å². The van der Waals surface area contributed by atoms with Gasteiger partial charge in [-0.1, -0.05) is 30.9 Å². The van der Waals surface area contributed by atoms with Crippen molar-refractivity contribution in [3.8, 4) is 0 Å². The highest BCUT2D eigenvalue weighted by Gasteiger charge is 2.31. The predicted molar refractivity (Wildman–Crippen MR) is 75.0 cm³/mol. The third-order valence-electron chi connectivity index (χ3n) is 4.59. The van der Waals surface area contributed by atoms with Crippen molar-refractivity contribution in [2.24, 2.45) is 5.92 Å². The van der Waals surface area contributed by atoms with Crippen molar-refractivity contribution in [1.82, 2.24) is 19.9 Å². The number of nitrogens with zero attached hydrogens (tertiary/aromatic N) is 4. The van der Waals surface area contributed by atoms with E-state index in [1.54, 1.807) is 4.68 Å². The van der Waals surface area contributed by atoms with Gasteiger partial charge in [0.25, 0.3) is 0 Å². The van der Waals surface area contributed by atoms with E-state index in [4.69, 9.17) is 5.11 Å². The second kappa shape index (κ2) is 6.11. The molecular weight excluding hydrogens is 272 g/mol. The van der Waals surface area contributed by atoms with Crippen LogP contribution in [0.1, 0.15) is 48.6 Å². The number of likely N-dealkylation sites (tertiary alicyclic amines) is 1. The normalized spacial score (nSPS) is 22.3. The molecule has 1 aliphatic heterocycles. The second-order valence-electron chi connectivity index (χ2n) is 6.30. The average molecular weight is 294 g/mol. The number of carboxylic acids is 1. The molecule has 2 N–H and O–H groups in total. The smallest absolute Gasteiger partial charge is 0.358 e. The largest absolute Gasteiger partial charge is 0.476 e. The molecular formula is C14H22N4O3. The zero-order chi connectivity index (χ0) is 14.8. The van der Waals surface area contributed by atoms with Gasteiger partial charge in [-0.3, -0.25) is 4.90 Å². The molecule has 1 aromatic heterocycles. The summed E-state index contributed by atoms with van der Waals surface area (Å²) < 4.78 is 1.61. The summed E-state index contributed by atoms with van der Waals surface area (Å²) in [7, 11) is 0. The molecule has 1 atom stereocenters. The van der Waals surface area contributed by atoms with Gasteiger partial charge in [0.2, 0.25) is 0 Å². The van der Waals surface area contributed by atoms with Crippen LogP contribution < -0.4 is 0 Å². The highest BCUT2D eigenvalue weighted by Crippen LogP contribution is 2.29. The fourth-order valence-corrected chi connectivity index (χ4v) is 3.42. The van der Waals surface area contributed by atoms with Gasteiger partial charge in [0.05, 0.1) is 18.3 Å². The van der Waals surface area contributed by atoms with Crippen LogP contribution in [-0.2, 0) is 0 Å². The van der Waals surface area contributed by atoms with Gasteiger partial charge in [-0.2, -0.15) is 0 Å². The summed E-state index contributed by atoms with van der Waals surface area (Å²) in [6, 6.07) is 0.171. The van der Waals surface area contributed by atoms with Gasteiger partial charge in [0.1, 0.15) is 0 Å². The summed E-state index contributed by atoms with van der Waals surface area (Å²) in [4.78, 5) is 12.9. The summed E-state index contributed by atoms with van der Waals surface area (Å²) in [5, 5.41) is 26.4. The van der Waals surface area contributed by atoms with Gasteiger partial charge in [0.15, 0.2) is 5.69 Å². The number of hydrogen-bond acceptors (Lipinski definition) is 5. The number of carbonyl (C=O) groups is 1. The molecule has 0 aromatic carbocycles. The van der Waals surface area contributed by atoms with Gasteiger partial charge in [0, 0.05) is 19.6 Å². The molecule has 1 saturated heterocycles. The van der Waals surface area contributed by atoms with Crippen LogP contribution in [0.15, 0.2) is 6.20 Å². The average Bonchev–Trinajstić information content (AvgIpc) is 3.03. The summed E-state index contributed by atoms with van der Waals surface area (Å²) in [5.41, 5.74) is -0.0188. The molecule has 2 fully saturated rings. The standard InChI is InChI=1S/C14H22N4O3/c19-12(5-10-3-1-2-4-10)8-17-6-11(7-17)18-9-13(14(20)21)15-16-18/h9-12,19H,1-8H2,(H,20,21). The highest BCUT2D eigenvalue weighted by atomic mass is 16.4. The number of aliphatic hydroxyl groups is 1. The molecule has 1 saturated carbocycles. The lowest BCUT2D eigenvalue weighted by atomic mass is 9.98. The van der Waals surface area contributed by atoms with Crippen LogP contribution in [0.25, 0.3) is 0 Å². The molecule has 7 heteroatoms. The zero-order valence-electron chi connectivity index (χ0n) is 12.1. The Morgan fingerprint density at radius 2 is 2.10 bits per heavy atom. The first-order valence-electron chi connectivity index (χ1n) is 7.67. The van der Waals surface area contributed by atoms with E-state index >= 15 is 0 Å². The van der Waals surface area contributed by atoms with Crippen molar-refractivity contribution in [1.29, 1.82) is 0 Å². The van der Waals surface area contributed by atoms with Crippen LogP contribution in [0.5, 0.6) is 0 Å². The van der Waals surface area contributed by atoms with E-state index in [2.05, 4.69) is 15.2 Å². The lowest BCUT2D eigenvalue weighted by Crippen LogP contribution is -2.50. The Hall–Kier alpha value is -1.47. The van der Waals surface area contributed by atoms with Crippen LogP contribution in [0.3, 0.4) is 0 Å². The maximum atomic E-state index is 10.8. The minimum atomic E-state index is -1.05. The molecule has 0 radical (unpaired) electrons. The predicted octanol–water partition coefficient (Wildman–Crippen LogP) is 0.774. The van der Waals surface area contributed by atoms with Crippen LogP contribution in [0.4, 0.5) is 0 Å². The number of rotatable bonds is 6. The minimum absolute atomic E-state index is 0.0188. The first-order chi connectivity index (χ1) is 10.1. The van der Waals surface area contributed by atoms with Crippen LogP contribution >= 0.6 is 0 Å². The number of carboxylic acid groups (broad SMARTS) is 1. The first-order valence-corrected chi connectivity index (χ1v) is 7.67. The molecule has 3 rings (SSSR count). The SMILES string of the molecule is O=C(O)c1cn(C2CN(CC(O)CC3CCCC3)C2)nn1. The fourth-order valence-electron chi connectivity index (χ4n) is 3.42. The van der Waals surface area contributed by atoms with E-state index in [-0.39, 0.29) is 17.8 Å². The summed E-state index contributed by atoms with van der Waals surface area (Å²) in [5.74, 6) is -0.352. The molecule has 0 bridgehead atoms. The quantitative estimate of drug-likeness (QED) is 0.805. The maximum absolute atomic E-state index is 10.8. The van der Waals surface area contributed by atoms with Gasteiger partial charge in [-0.15, -0.1) is 5.10 Å². The lowest BCUT2D eigenvalue weighted by Gasteiger charge is -2.40. The Morgan fingerprint density at radius 1 is 1.38 bits per heavy atom. The highest BCUT2D eigenvalue weighted by molar-refractivity contribution is 5.84. The monoisotopic (exact) mass is 294 g/mol. The molecule has 7 nitrogen and oxygen atoms in total. The first kappa shape index (κ1) is 14.5. The van der Waals surface area contributed by atoms with Crippen LogP contribution in [-0.4, -0.2) is 61.8 Å². The number of β-amino-alcohol motifs (C(OH)–C–C–N with tert-alkyl or cyclic N) is 1. The topological polar surface area (TPSA) is 91.5 Å². The van der Waals surface area contributed by atoms with Gasteiger partial charge < -0.3 is 10.2 Å². The van der Waals surface area contributed by atoms with Crippen LogP contribution in [0.2, 0.25) is 0 Å². The van der Waals surface area contributed by atoms with Gasteiger partial charge in [-0.05, 0) is 12.3 Å². The van der Waals surface area contributed by atoms with Gasteiger partial charge in [-0.25, -0.2) is 9.48 Å². The summed E-state index contributed by atoms with van der Waals surface area (Å²) in [6.45, 7) is 2.29. The van der Waals surface area contributed by atoms with Crippen molar-refractivity contribution in [2.75, 3.05) is 19.6 Å². The van der Waals surface area contributed by atoms with Crippen molar-refractivity contribution in [3.05, 3.63) is 11.9 Å². The Morgan fingerprint density at radius 3 is 2.71 bits per heavy atom. The van der Waals surface area contributed by atoms with E-state index in [9.17, 15) is 9.90 Å². The fraction of sp³-hybridized carbons (Fsp3) is 0.786. The van der Waals surface area contributed by atoms with Crippen molar-refractivity contribution in [2.45, 2.75) is 44.2 Å². The van der Waals surface area contributed by atoms with Crippen molar-refractivity contribution < 1.29 is 15.0 Å². The lowest BCUT2D eigenvalue weighted by molar-refractivity contribution is 0.0305. The van der Waals surface area contributed by atoms with E-state index in [1.807, 2.05) is 0 Å². The molecule has 2 aliphatic rings. The number of aromatic nitrogens is 3. The zero-order valence-corrected chi connectivity index (χ0v) is 12.1. The Balaban J connectivity index is 1.41. The molecule has 0 amide bonds. The second-order valence-corrected chi connectivity index (χ2v) is 6.30. The third-order valence-corrected chi connectivity index (χ3v) is 4.59. The number of aromatic carboxylic acids is 1. The number of hydrogen-bond donors (Lipinski definition) is 2. The van der Waals surface area contributed by atoms with Crippen LogP contribution in [0, 0.1) is 5.92 Å². The maximum Gasteiger partial charge on any atom is 0.358 e. The molecule has 116 valence electrons. The molecule has 1 aromatic rings. The van der Waals surface area contributed by atoms with E-state index in [0.717, 1.165) is 19.5 Å². The minimum Gasteiger partial charge on any atom is -0.476 e. The Bertz CT molecular complexity index is 492. The number of aliphatic hydroxyl groups excluding tert-OH is 1. The summed E-state index contributed by atoms with van der Waals surface area (Å²) in [6.07, 6.45) is 7.27. The molecule has 2 heterocycles. The molecule has 21 heavy (non-hydrogen) atoms. The van der Waals surface area contributed by atoms with E-state index in [0.29, 0.717) is 12.5 Å². The molecule has 1 aliphatic carbocycles. The summed E-state index contributed by atoms with van der Waals surface area (Å²) >= 11 is 0. The Labute approximate surface area is 123 Å². The van der Waals surface area contributed by atoms with Crippen molar-refractivity contribution >= 4 is 5.97 Å². The van der Waals surface area contributed by atoms with E-state index < -0.39 is 5.97 Å². The molecule has 1 unspecified atom stereocenters. The Kier molecular flexibility index (Phi) is 4.21. The van der Waals surface area contributed by atoms with Crippen molar-refractivity contribution in [3.63, 3.8) is 0 Å². The molecule has 0 spiro atoms. The third kappa shape index (κ3) is 3.41.